The molecule has 1 N–H and O–H groups in total. The van der Waals surface area contributed by atoms with Crippen LogP contribution in [-0.2, 0) is 14.3 Å². The van der Waals surface area contributed by atoms with Crippen molar-refractivity contribution in [3.8, 4) is 0 Å². The first-order valence-corrected chi connectivity index (χ1v) is 13.3. The molecule has 0 bridgehead atoms. The quantitative estimate of drug-likeness (QED) is 0.283. The molecule has 4 heteroatoms. The molecule has 4 fully saturated rings. The normalized spacial score (nSPS) is 44.6. The minimum atomic E-state index is -0.0486. The van der Waals surface area contributed by atoms with E-state index in [1.807, 2.05) is 6.92 Å². The van der Waals surface area contributed by atoms with E-state index < -0.39 is 0 Å². The second-order valence-corrected chi connectivity index (χ2v) is 11.9. The van der Waals surface area contributed by atoms with E-state index in [2.05, 4.69) is 20.8 Å². The molecule has 4 nitrogen and oxygen atoms in total. The van der Waals surface area contributed by atoms with Crippen molar-refractivity contribution < 1.29 is 19.4 Å². The topological polar surface area (TPSA) is 63.6 Å². The van der Waals surface area contributed by atoms with Crippen LogP contribution in [0.3, 0.4) is 0 Å². The average Bonchev–Trinajstić information content (AvgIpc) is 3.10. The van der Waals surface area contributed by atoms with Gasteiger partial charge in [0.1, 0.15) is 0 Å². The molecule has 8 atom stereocenters. The number of hydrogen-bond acceptors (Lipinski definition) is 4. The number of Topliss-reactive ketones (excluding diaryl/α,β-unsaturated/α-hetero) is 1. The number of ketones is 1. The minimum absolute atomic E-state index is 0.0486. The van der Waals surface area contributed by atoms with Gasteiger partial charge in [-0.1, -0.05) is 27.2 Å². The molecule has 4 saturated carbocycles. The Hall–Kier alpha value is -1.32. The molecule has 0 radical (unpaired) electrons. The van der Waals surface area contributed by atoms with E-state index in [0.29, 0.717) is 54.1 Å². The molecular formula is C28H44O4. The Morgan fingerprint density at radius 3 is 2.56 bits per heavy atom. The Labute approximate surface area is 194 Å². The molecule has 0 aromatic rings. The van der Waals surface area contributed by atoms with Gasteiger partial charge in [0, 0.05) is 18.4 Å². The number of aliphatic hydroxyl groups is 1. The minimum Gasteiger partial charge on any atom is -0.515 e. The standard InChI is InChI=1S/C28H44O4/c1-5-18-14-21-22-11-10-20(8-7-9-26(31)32-6-2)27(22,3)13-12-23(21)28(4)16-19(17-29)25(30)15-24(18)28/h17-18,20-24,29H,5-16H2,1-4H3/b19-17-/t18-,20?,21?,22?,23-,24?,27?,28?/m0/s1. The average molecular weight is 445 g/mol. The molecule has 32 heavy (non-hydrogen) atoms. The lowest BCUT2D eigenvalue weighted by atomic mass is 9.42. The van der Waals surface area contributed by atoms with E-state index in [-0.39, 0.29) is 17.2 Å². The van der Waals surface area contributed by atoms with E-state index in [4.69, 9.17) is 4.74 Å². The SMILES string of the molecule is CCOC(=O)CCCC1CCC2C3C[C@H](CC)C4CC(=O)/C(=C\O)CC4(C)[C@H]3CCC12C. The Balaban J connectivity index is 1.52. The van der Waals surface area contributed by atoms with Crippen molar-refractivity contribution in [3.63, 3.8) is 0 Å². The van der Waals surface area contributed by atoms with Gasteiger partial charge < -0.3 is 9.84 Å². The van der Waals surface area contributed by atoms with Crippen LogP contribution in [0.4, 0.5) is 0 Å². The number of carbonyl (C=O) groups excluding carboxylic acids is 2. The Bertz CT molecular complexity index is 757. The fourth-order valence-corrected chi connectivity index (χ4v) is 9.14. The highest BCUT2D eigenvalue weighted by Gasteiger charge is 2.62. The molecule has 4 aliphatic rings. The number of carbonyl (C=O) groups is 2. The molecule has 0 amide bonds. The van der Waals surface area contributed by atoms with E-state index in [0.717, 1.165) is 43.8 Å². The van der Waals surface area contributed by atoms with E-state index in [9.17, 15) is 14.7 Å². The summed E-state index contributed by atoms with van der Waals surface area (Å²) in [5.41, 5.74) is 1.18. The third kappa shape index (κ3) is 3.84. The number of allylic oxidation sites excluding steroid dienone is 1. The highest BCUT2D eigenvalue weighted by molar-refractivity contribution is 5.96. The summed E-state index contributed by atoms with van der Waals surface area (Å²) in [7, 11) is 0. The fourth-order valence-electron chi connectivity index (χ4n) is 9.14. The maximum atomic E-state index is 12.6. The van der Waals surface area contributed by atoms with Crippen molar-refractivity contribution in [1.29, 1.82) is 0 Å². The molecule has 4 aliphatic carbocycles. The zero-order valence-electron chi connectivity index (χ0n) is 20.7. The summed E-state index contributed by atoms with van der Waals surface area (Å²) in [4.78, 5) is 24.5. The van der Waals surface area contributed by atoms with Gasteiger partial charge in [0.05, 0.1) is 12.9 Å². The summed E-state index contributed by atoms with van der Waals surface area (Å²) in [5.74, 6) is 4.10. The number of fused-ring (bicyclic) bond motifs is 5. The van der Waals surface area contributed by atoms with Crippen LogP contribution in [0.15, 0.2) is 11.8 Å². The Morgan fingerprint density at radius 2 is 1.88 bits per heavy atom. The number of esters is 1. The third-order valence-electron chi connectivity index (χ3n) is 10.7. The molecule has 0 saturated heterocycles. The first-order valence-electron chi connectivity index (χ1n) is 13.3. The predicted molar refractivity (Wildman–Crippen MR) is 126 cm³/mol. The maximum absolute atomic E-state index is 12.6. The number of ether oxygens (including phenoxy) is 1. The van der Waals surface area contributed by atoms with Crippen LogP contribution in [0.5, 0.6) is 0 Å². The number of aliphatic hydroxyl groups excluding tert-OH is 1. The fraction of sp³-hybridized carbons (Fsp3) is 0.857. The van der Waals surface area contributed by atoms with Crippen molar-refractivity contribution in [1.82, 2.24) is 0 Å². The summed E-state index contributed by atoms with van der Waals surface area (Å²) in [6.07, 6.45) is 12.7. The van der Waals surface area contributed by atoms with E-state index in [1.165, 1.54) is 32.1 Å². The zero-order chi connectivity index (χ0) is 23.1. The largest absolute Gasteiger partial charge is 0.515 e. The molecule has 0 aromatic heterocycles. The highest BCUT2D eigenvalue weighted by Crippen LogP contribution is 2.69. The second-order valence-electron chi connectivity index (χ2n) is 11.9. The summed E-state index contributed by atoms with van der Waals surface area (Å²) in [6, 6.07) is 0. The summed E-state index contributed by atoms with van der Waals surface area (Å²) in [5, 5.41) is 9.75. The van der Waals surface area contributed by atoms with Crippen molar-refractivity contribution in [2.24, 2.45) is 46.3 Å². The number of rotatable bonds is 6. The van der Waals surface area contributed by atoms with Gasteiger partial charge in [-0.3, -0.25) is 9.59 Å². The molecule has 0 aromatic carbocycles. The van der Waals surface area contributed by atoms with Gasteiger partial charge in [-0.15, -0.1) is 0 Å². The predicted octanol–water partition coefficient (Wildman–Crippen LogP) is 6.64. The van der Waals surface area contributed by atoms with Gasteiger partial charge in [0.2, 0.25) is 0 Å². The lowest BCUT2D eigenvalue weighted by Crippen LogP contribution is -2.56. The monoisotopic (exact) mass is 444 g/mol. The lowest BCUT2D eigenvalue weighted by molar-refractivity contribution is -0.144. The summed E-state index contributed by atoms with van der Waals surface area (Å²) in [6.45, 7) is 9.65. The highest BCUT2D eigenvalue weighted by atomic mass is 16.5. The molecule has 6 unspecified atom stereocenters. The van der Waals surface area contributed by atoms with Gasteiger partial charge in [-0.05, 0) is 105 Å². The molecule has 4 rings (SSSR count). The molecular weight excluding hydrogens is 400 g/mol. The molecule has 180 valence electrons. The van der Waals surface area contributed by atoms with Crippen molar-refractivity contribution in [2.45, 2.75) is 98.3 Å². The van der Waals surface area contributed by atoms with Crippen molar-refractivity contribution in [2.75, 3.05) is 6.61 Å². The maximum Gasteiger partial charge on any atom is 0.305 e. The number of hydrogen-bond donors (Lipinski definition) is 1. The summed E-state index contributed by atoms with van der Waals surface area (Å²) < 4.78 is 5.13. The van der Waals surface area contributed by atoms with Gasteiger partial charge in [0.15, 0.2) is 5.78 Å². The van der Waals surface area contributed by atoms with E-state index >= 15 is 0 Å². The van der Waals surface area contributed by atoms with Crippen LogP contribution >= 0.6 is 0 Å². The summed E-state index contributed by atoms with van der Waals surface area (Å²) >= 11 is 0. The van der Waals surface area contributed by atoms with Crippen LogP contribution in [0.1, 0.15) is 98.3 Å². The Morgan fingerprint density at radius 1 is 1.12 bits per heavy atom. The smallest absolute Gasteiger partial charge is 0.305 e. The van der Waals surface area contributed by atoms with Crippen molar-refractivity contribution >= 4 is 11.8 Å². The van der Waals surface area contributed by atoms with Gasteiger partial charge in [-0.25, -0.2) is 0 Å². The lowest BCUT2D eigenvalue weighted by Gasteiger charge is -2.62. The van der Waals surface area contributed by atoms with Crippen LogP contribution in [0, 0.1) is 46.3 Å². The molecule has 0 spiro atoms. The van der Waals surface area contributed by atoms with Crippen LogP contribution in [0.25, 0.3) is 0 Å². The van der Waals surface area contributed by atoms with Crippen molar-refractivity contribution in [3.05, 3.63) is 11.8 Å². The first-order chi connectivity index (χ1) is 15.3. The van der Waals surface area contributed by atoms with Gasteiger partial charge in [-0.2, -0.15) is 0 Å². The molecule has 0 aliphatic heterocycles. The molecule has 0 heterocycles. The van der Waals surface area contributed by atoms with Crippen LogP contribution < -0.4 is 0 Å². The van der Waals surface area contributed by atoms with Crippen LogP contribution in [-0.4, -0.2) is 23.5 Å². The van der Waals surface area contributed by atoms with E-state index in [1.54, 1.807) is 0 Å². The van der Waals surface area contributed by atoms with Gasteiger partial charge in [0.25, 0.3) is 0 Å². The Kier molecular flexibility index (Phi) is 6.81. The third-order valence-corrected chi connectivity index (χ3v) is 10.7. The second kappa shape index (κ2) is 9.14. The van der Waals surface area contributed by atoms with Gasteiger partial charge >= 0.3 is 5.97 Å². The first kappa shape index (κ1) is 23.8. The van der Waals surface area contributed by atoms with Crippen LogP contribution in [0.2, 0.25) is 0 Å². The zero-order valence-corrected chi connectivity index (χ0v) is 20.7.